The van der Waals surface area contributed by atoms with Crippen molar-refractivity contribution in [2.24, 2.45) is 0 Å². The SMILES string of the molecule is COc1cc(Cl)c(Cl)c(-c2ccc(Cl)c(Cl)c2Cl)c1Cl. The third-order valence-corrected chi connectivity index (χ3v) is 5.10. The summed E-state index contributed by atoms with van der Waals surface area (Å²) in [6.45, 7) is 0. The van der Waals surface area contributed by atoms with Crippen LogP contribution in [0, 0.1) is 0 Å². The van der Waals surface area contributed by atoms with Crippen molar-refractivity contribution in [2.45, 2.75) is 0 Å². The molecule has 0 spiro atoms. The van der Waals surface area contributed by atoms with Crippen molar-refractivity contribution < 1.29 is 4.74 Å². The van der Waals surface area contributed by atoms with Crippen LogP contribution in [0.15, 0.2) is 18.2 Å². The zero-order valence-corrected chi connectivity index (χ0v) is 14.4. The Hall–Kier alpha value is -0.0200. The molecule has 0 heterocycles. The van der Waals surface area contributed by atoms with Crippen molar-refractivity contribution in [1.29, 1.82) is 0 Å². The number of methoxy groups -OCH3 is 1. The fourth-order valence-corrected chi connectivity index (χ4v) is 3.14. The molecule has 1 nitrogen and oxygen atoms in total. The Morgan fingerprint density at radius 2 is 1.40 bits per heavy atom. The fourth-order valence-electron chi connectivity index (χ4n) is 1.68. The molecule has 0 fully saturated rings. The zero-order chi connectivity index (χ0) is 15.0. The summed E-state index contributed by atoms with van der Waals surface area (Å²) in [5.41, 5.74) is 0.970. The molecular weight excluding hydrogens is 385 g/mol. The highest BCUT2D eigenvalue weighted by Crippen LogP contribution is 2.48. The largest absolute Gasteiger partial charge is 0.495 e. The molecule has 0 amide bonds. The van der Waals surface area contributed by atoms with Crippen LogP contribution in [0.25, 0.3) is 11.1 Å². The molecule has 0 saturated carbocycles. The quantitative estimate of drug-likeness (QED) is 0.386. The van der Waals surface area contributed by atoms with Crippen LogP contribution in [-0.4, -0.2) is 7.11 Å². The van der Waals surface area contributed by atoms with Crippen LogP contribution >= 0.6 is 69.6 Å². The molecule has 0 aliphatic rings. The van der Waals surface area contributed by atoms with Gasteiger partial charge in [-0.2, -0.15) is 0 Å². The molecule has 2 aromatic carbocycles. The molecule has 0 radical (unpaired) electrons. The Balaban J connectivity index is 2.82. The number of rotatable bonds is 2. The average Bonchev–Trinajstić information content (AvgIpc) is 2.42. The molecule has 7 heteroatoms. The van der Waals surface area contributed by atoms with Gasteiger partial charge in [0.1, 0.15) is 5.75 Å². The lowest BCUT2D eigenvalue weighted by Gasteiger charge is -2.15. The van der Waals surface area contributed by atoms with Gasteiger partial charge in [0.15, 0.2) is 0 Å². The van der Waals surface area contributed by atoms with Crippen molar-refractivity contribution in [1.82, 2.24) is 0 Å². The third-order valence-electron chi connectivity index (χ3n) is 2.65. The fraction of sp³-hybridized carbons (Fsp3) is 0.0769. The maximum absolute atomic E-state index is 6.28. The summed E-state index contributed by atoms with van der Waals surface area (Å²) in [7, 11) is 1.48. The predicted molar refractivity (Wildman–Crippen MR) is 88.5 cm³/mol. The van der Waals surface area contributed by atoms with Crippen molar-refractivity contribution >= 4 is 69.6 Å². The summed E-state index contributed by atoms with van der Waals surface area (Å²) in [6, 6.07) is 4.80. The van der Waals surface area contributed by atoms with Crippen LogP contribution in [0.5, 0.6) is 5.75 Å². The van der Waals surface area contributed by atoms with E-state index in [9.17, 15) is 0 Å². The second-order valence-corrected chi connectivity index (χ2v) is 6.11. The summed E-state index contributed by atoms with van der Waals surface area (Å²) in [6.07, 6.45) is 0. The van der Waals surface area contributed by atoms with Gasteiger partial charge in [-0.3, -0.25) is 0 Å². The van der Waals surface area contributed by atoms with E-state index in [1.807, 2.05) is 0 Å². The maximum atomic E-state index is 6.28. The molecule has 2 rings (SSSR count). The highest BCUT2D eigenvalue weighted by Gasteiger charge is 2.20. The van der Waals surface area contributed by atoms with Gasteiger partial charge in [0.05, 0.1) is 37.2 Å². The molecule has 106 valence electrons. The van der Waals surface area contributed by atoms with Gasteiger partial charge in [-0.15, -0.1) is 0 Å². The molecular formula is C13H6Cl6O. The molecule has 0 aliphatic heterocycles. The van der Waals surface area contributed by atoms with E-state index in [1.165, 1.54) is 13.2 Å². The smallest absolute Gasteiger partial charge is 0.139 e. The van der Waals surface area contributed by atoms with Gasteiger partial charge < -0.3 is 4.74 Å². The third kappa shape index (κ3) is 2.81. The molecule has 20 heavy (non-hydrogen) atoms. The number of benzene rings is 2. The first-order valence-electron chi connectivity index (χ1n) is 5.23. The lowest BCUT2D eigenvalue weighted by Crippen LogP contribution is -1.91. The zero-order valence-electron chi connectivity index (χ0n) is 9.91. The van der Waals surface area contributed by atoms with Gasteiger partial charge in [0.25, 0.3) is 0 Å². The van der Waals surface area contributed by atoms with Gasteiger partial charge in [0.2, 0.25) is 0 Å². The second-order valence-electron chi connectivity index (χ2n) is 3.79. The summed E-state index contributed by atoms with van der Waals surface area (Å²) in [5, 5.41) is 1.65. The molecule has 0 unspecified atom stereocenters. The number of hydrogen-bond donors (Lipinski definition) is 0. The van der Waals surface area contributed by atoms with Crippen molar-refractivity contribution in [3.63, 3.8) is 0 Å². The normalized spacial score (nSPS) is 10.8. The number of hydrogen-bond acceptors (Lipinski definition) is 1. The van der Waals surface area contributed by atoms with Gasteiger partial charge >= 0.3 is 0 Å². The van der Waals surface area contributed by atoms with E-state index in [4.69, 9.17) is 74.3 Å². The minimum absolute atomic E-state index is 0.219. The van der Waals surface area contributed by atoms with Crippen LogP contribution < -0.4 is 4.74 Å². The predicted octanol–water partition coefficient (Wildman–Crippen LogP) is 7.28. The van der Waals surface area contributed by atoms with Gasteiger partial charge in [0, 0.05) is 17.2 Å². The summed E-state index contributed by atoms with van der Waals surface area (Å²) in [5.74, 6) is 0.387. The highest BCUT2D eigenvalue weighted by molar-refractivity contribution is 6.51. The van der Waals surface area contributed by atoms with E-state index in [1.54, 1.807) is 12.1 Å². The lowest BCUT2D eigenvalue weighted by atomic mass is 10.0. The van der Waals surface area contributed by atoms with E-state index in [2.05, 4.69) is 0 Å². The summed E-state index contributed by atoms with van der Waals surface area (Å²) >= 11 is 36.7. The van der Waals surface area contributed by atoms with Gasteiger partial charge in [-0.1, -0.05) is 75.7 Å². The Labute approximate surface area is 146 Å². The Morgan fingerprint density at radius 3 is 2.00 bits per heavy atom. The van der Waals surface area contributed by atoms with E-state index in [0.717, 1.165) is 0 Å². The van der Waals surface area contributed by atoms with E-state index < -0.39 is 0 Å². The molecule has 2 aromatic rings. The van der Waals surface area contributed by atoms with E-state index in [0.29, 0.717) is 31.9 Å². The van der Waals surface area contributed by atoms with Gasteiger partial charge in [-0.05, 0) is 6.07 Å². The molecule has 0 aromatic heterocycles. The first kappa shape index (κ1) is 16.4. The Morgan fingerprint density at radius 1 is 0.750 bits per heavy atom. The molecule has 0 N–H and O–H groups in total. The van der Waals surface area contributed by atoms with Gasteiger partial charge in [-0.25, -0.2) is 0 Å². The maximum Gasteiger partial charge on any atom is 0.139 e. The summed E-state index contributed by atoms with van der Waals surface area (Å²) in [4.78, 5) is 0. The lowest BCUT2D eigenvalue weighted by molar-refractivity contribution is 0.415. The summed E-state index contributed by atoms with van der Waals surface area (Å²) < 4.78 is 5.16. The molecule has 0 atom stereocenters. The monoisotopic (exact) mass is 388 g/mol. The van der Waals surface area contributed by atoms with Crippen LogP contribution in [0.4, 0.5) is 0 Å². The van der Waals surface area contributed by atoms with Crippen LogP contribution in [0.1, 0.15) is 0 Å². The Bertz CT molecular complexity index is 683. The molecule has 0 saturated heterocycles. The minimum Gasteiger partial charge on any atom is -0.495 e. The molecule has 0 bridgehead atoms. The molecule has 0 aliphatic carbocycles. The first-order valence-corrected chi connectivity index (χ1v) is 7.50. The van der Waals surface area contributed by atoms with Crippen molar-refractivity contribution in [2.75, 3.05) is 7.11 Å². The number of halogens is 6. The Kier molecular flexibility index (Phi) is 5.23. The van der Waals surface area contributed by atoms with Crippen molar-refractivity contribution in [3.05, 3.63) is 48.3 Å². The average molecular weight is 391 g/mol. The van der Waals surface area contributed by atoms with Crippen LogP contribution in [0.3, 0.4) is 0 Å². The second kappa shape index (κ2) is 6.39. The highest BCUT2D eigenvalue weighted by atomic mass is 35.5. The number of ether oxygens (including phenoxy) is 1. The first-order chi connectivity index (χ1) is 9.38. The van der Waals surface area contributed by atoms with Crippen LogP contribution in [-0.2, 0) is 0 Å². The van der Waals surface area contributed by atoms with E-state index >= 15 is 0 Å². The standard InChI is InChI=1S/C13H6Cl6O/c1-20-8-4-7(15)11(17)9(13(8)19)5-2-3-6(14)12(18)10(5)16/h2-4H,1H3. The van der Waals surface area contributed by atoms with E-state index in [-0.39, 0.29) is 15.1 Å². The topological polar surface area (TPSA) is 9.23 Å². The van der Waals surface area contributed by atoms with Crippen LogP contribution in [0.2, 0.25) is 30.1 Å². The minimum atomic E-state index is 0.219. The van der Waals surface area contributed by atoms with Crippen molar-refractivity contribution in [3.8, 4) is 16.9 Å².